The third-order valence-electron chi connectivity index (χ3n) is 7.22. The molecule has 7 nitrogen and oxygen atoms in total. The third kappa shape index (κ3) is 3.73. The highest BCUT2D eigenvalue weighted by Crippen LogP contribution is 2.34. The van der Waals surface area contributed by atoms with E-state index in [9.17, 15) is 14.0 Å². The average Bonchev–Trinajstić information content (AvgIpc) is 3.43. The monoisotopic (exact) mass is 449 g/mol. The minimum absolute atomic E-state index is 0.0149. The zero-order valence-electron chi connectivity index (χ0n) is 18.8. The number of piperidine rings is 1. The normalized spacial score (nSPS) is 21.5. The van der Waals surface area contributed by atoms with Crippen molar-refractivity contribution in [2.24, 2.45) is 5.92 Å². The van der Waals surface area contributed by atoms with Crippen molar-refractivity contribution in [1.82, 2.24) is 25.7 Å². The minimum atomic E-state index is -0.466. The molecular formula is C25H28FN5O2. The van der Waals surface area contributed by atoms with Crippen molar-refractivity contribution in [3.05, 3.63) is 65.1 Å². The molecule has 0 saturated carbocycles. The predicted molar refractivity (Wildman–Crippen MR) is 123 cm³/mol. The number of fused-ring (bicyclic) bond motifs is 1. The van der Waals surface area contributed by atoms with E-state index in [1.54, 1.807) is 6.07 Å². The smallest absolute Gasteiger partial charge is 0.315 e. The Kier molecular flexibility index (Phi) is 5.31. The fraction of sp³-hybridized carbons (Fsp3) is 0.400. The molecule has 5 rings (SSSR count). The molecule has 8 heteroatoms. The molecule has 0 aliphatic carbocycles. The molecule has 2 aromatic carbocycles. The van der Waals surface area contributed by atoms with E-state index in [4.69, 9.17) is 0 Å². The standard InChI is InChI=1S/C25H28FN5O2/c1-15(2)25(14-27-24(33)28-25)18-5-3-17(4-6-18)23(32)31-11-9-16(10-12-31)22-20-8-7-19(26)13-21(20)29-30-22/h3-8,13,15-16H,9-12,14H2,1-2H3,(H,29,30)(H2,27,28,33)/t25-/m1/s1. The van der Waals surface area contributed by atoms with Gasteiger partial charge in [-0.25, -0.2) is 9.18 Å². The maximum Gasteiger partial charge on any atom is 0.315 e. The number of halogens is 1. The van der Waals surface area contributed by atoms with Crippen LogP contribution < -0.4 is 10.6 Å². The molecule has 2 fully saturated rings. The Morgan fingerprint density at radius 2 is 1.88 bits per heavy atom. The molecule has 0 radical (unpaired) electrons. The second kappa shape index (κ2) is 8.17. The van der Waals surface area contributed by atoms with Crippen molar-refractivity contribution in [3.63, 3.8) is 0 Å². The molecule has 3 aromatic rings. The SMILES string of the molecule is CC(C)[C@@]1(c2ccc(C(=O)N3CCC(c4n[nH]c5cc(F)ccc45)CC3)cc2)CNC(=O)N1. The summed E-state index contributed by atoms with van der Waals surface area (Å²) in [6.07, 6.45) is 1.63. The Balaban J connectivity index is 1.27. The highest BCUT2D eigenvalue weighted by molar-refractivity contribution is 5.94. The number of carbonyl (C=O) groups is 2. The highest BCUT2D eigenvalue weighted by Gasteiger charge is 2.42. The maximum absolute atomic E-state index is 13.5. The number of rotatable bonds is 4. The number of amides is 3. The number of aromatic amines is 1. The molecule has 3 heterocycles. The number of urea groups is 1. The van der Waals surface area contributed by atoms with Crippen molar-refractivity contribution in [2.45, 2.75) is 38.1 Å². The van der Waals surface area contributed by atoms with Gasteiger partial charge in [0.2, 0.25) is 0 Å². The molecule has 2 saturated heterocycles. The van der Waals surface area contributed by atoms with Gasteiger partial charge in [0.05, 0.1) is 16.7 Å². The first kappa shape index (κ1) is 21.4. The molecule has 1 aromatic heterocycles. The summed E-state index contributed by atoms with van der Waals surface area (Å²) in [6, 6.07) is 12.1. The van der Waals surface area contributed by atoms with Gasteiger partial charge in [-0.3, -0.25) is 9.89 Å². The summed E-state index contributed by atoms with van der Waals surface area (Å²) in [5.74, 6) is 0.169. The van der Waals surface area contributed by atoms with Gasteiger partial charge < -0.3 is 15.5 Å². The Morgan fingerprint density at radius 1 is 1.15 bits per heavy atom. The third-order valence-corrected chi connectivity index (χ3v) is 7.22. The van der Waals surface area contributed by atoms with Crippen LogP contribution >= 0.6 is 0 Å². The summed E-state index contributed by atoms with van der Waals surface area (Å²) in [4.78, 5) is 26.8. The van der Waals surface area contributed by atoms with Crippen molar-refractivity contribution in [1.29, 1.82) is 0 Å². The second-order valence-corrected chi connectivity index (χ2v) is 9.38. The van der Waals surface area contributed by atoms with Crippen LogP contribution in [-0.2, 0) is 5.54 Å². The summed E-state index contributed by atoms with van der Waals surface area (Å²) >= 11 is 0. The molecule has 33 heavy (non-hydrogen) atoms. The van der Waals surface area contributed by atoms with E-state index < -0.39 is 5.54 Å². The Morgan fingerprint density at radius 3 is 2.52 bits per heavy atom. The Labute approximate surface area is 191 Å². The number of carbonyl (C=O) groups excluding carboxylic acids is 2. The van der Waals surface area contributed by atoms with Crippen LogP contribution in [0.4, 0.5) is 9.18 Å². The van der Waals surface area contributed by atoms with Gasteiger partial charge in [-0.15, -0.1) is 0 Å². The largest absolute Gasteiger partial charge is 0.339 e. The van der Waals surface area contributed by atoms with Crippen molar-refractivity contribution in [3.8, 4) is 0 Å². The summed E-state index contributed by atoms with van der Waals surface area (Å²) in [7, 11) is 0. The first-order chi connectivity index (χ1) is 15.9. The van der Waals surface area contributed by atoms with Crippen LogP contribution in [0.15, 0.2) is 42.5 Å². The van der Waals surface area contributed by atoms with Gasteiger partial charge in [0.1, 0.15) is 5.82 Å². The molecule has 0 bridgehead atoms. The van der Waals surface area contributed by atoms with Crippen LogP contribution in [0.1, 0.15) is 54.2 Å². The van der Waals surface area contributed by atoms with E-state index >= 15 is 0 Å². The van der Waals surface area contributed by atoms with E-state index in [0.29, 0.717) is 30.7 Å². The molecule has 2 aliphatic rings. The van der Waals surface area contributed by atoms with Gasteiger partial charge in [0.15, 0.2) is 0 Å². The van der Waals surface area contributed by atoms with Crippen LogP contribution in [-0.4, -0.2) is 46.7 Å². The topological polar surface area (TPSA) is 90.1 Å². The summed E-state index contributed by atoms with van der Waals surface area (Å²) in [5.41, 5.74) is 2.83. The summed E-state index contributed by atoms with van der Waals surface area (Å²) < 4.78 is 13.5. The van der Waals surface area contributed by atoms with Crippen LogP contribution in [0.2, 0.25) is 0 Å². The molecule has 3 N–H and O–H groups in total. The average molecular weight is 450 g/mol. The Hall–Kier alpha value is -3.42. The first-order valence-corrected chi connectivity index (χ1v) is 11.5. The van der Waals surface area contributed by atoms with Crippen molar-refractivity contribution < 1.29 is 14.0 Å². The van der Waals surface area contributed by atoms with E-state index in [0.717, 1.165) is 29.5 Å². The zero-order valence-corrected chi connectivity index (χ0v) is 18.8. The van der Waals surface area contributed by atoms with Crippen LogP contribution in [0, 0.1) is 11.7 Å². The lowest BCUT2D eigenvalue weighted by atomic mass is 9.80. The molecule has 0 unspecified atom stereocenters. The number of nitrogens with one attached hydrogen (secondary N) is 3. The lowest BCUT2D eigenvalue weighted by Gasteiger charge is -2.33. The number of benzene rings is 2. The number of aromatic nitrogens is 2. The Bertz CT molecular complexity index is 1200. The van der Waals surface area contributed by atoms with Gasteiger partial charge in [-0.1, -0.05) is 26.0 Å². The van der Waals surface area contributed by atoms with Crippen molar-refractivity contribution >= 4 is 22.8 Å². The minimum Gasteiger partial charge on any atom is -0.339 e. The number of nitrogens with zero attached hydrogens (tertiary/aromatic N) is 2. The molecule has 0 spiro atoms. The van der Waals surface area contributed by atoms with E-state index in [1.807, 2.05) is 29.2 Å². The van der Waals surface area contributed by atoms with Crippen LogP contribution in [0.25, 0.3) is 10.9 Å². The van der Waals surface area contributed by atoms with Crippen LogP contribution in [0.3, 0.4) is 0 Å². The van der Waals surface area contributed by atoms with Gasteiger partial charge in [0.25, 0.3) is 5.91 Å². The predicted octanol–water partition coefficient (Wildman–Crippen LogP) is 3.89. The number of hydrogen-bond donors (Lipinski definition) is 3. The summed E-state index contributed by atoms with van der Waals surface area (Å²) in [5, 5.41) is 14.2. The molecular weight excluding hydrogens is 421 g/mol. The first-order valence-electron chi connectivity index (χ1n) is 11.5. The van der Waals surface area contributed by atoms with E-state index in [2.05, 4.69) is 34.7 Å². The molecule has 2 aliphatic heterocycles. The second-order valence-electron chi connectivity index (χ2n) is 9.38. The number of likely N-dealkylation sites (tertiary alicyclic amines) is 1. The fourth-order valence-electron chi connectivity index (χ4n) is 5.14. The highest BCUT2D eigenvalue weighted by atomic mass is 19.1. The summed E-state index contributed by atoms with van der Waals surface area (Å²) in [6.45, 7) is 5.98. The quantitative estimate of drug-likeness (QED) is 0.565. The van der Waals surface area contributed by atoms with Gasteiger partial charge in [0, 0.05) is 36.5 Å². The number of hydrogen-bond acceptors (Lipinski definition) is 3. The zero-order chi connectivity index (χ0) is 23.2. The van der Waals surface area contributed by atoms with Gasteiger partial charge in [-0.2, -0.15) is 5.10 Å². The lowest BCUT2D eigenvalue weighted by Crippen LogP contribution is -2.45. The van der Waals surface area contributed by atoms with E-state index in [-0.39, 0.29) is 29.6 Å². The van der Waals surface area contributed by atoms with Crippen LogP contribution in [0.5, 0.6) is 0 Å². The fourth-order valence-corrected chi connectivity index (χ4v) is 5.14. The van der Waals surface area contributed by atoms with Crippen molar-refractivity contribution in [2.75, 3.05) is 19.6 Å². The lowest BCUT2D eigenvalue weighted by molar-refractivity contribution is 0.0712. The number of H-pyrrole nitrogens is 1. The van der Waals surface area contributed by atoms with Gasteiger partial charge >= 0.3 is 6.03 Å². The van der Waals surface area contributed by atoms with Gasteiger partial charge in [-0.05, 0) is 54.7 Å². The maximum atomic E-state index is 13.5. The van der Waals surface area contributed by atoms with E-state index in [1.165, 1.54) is 12.1 Å². The molecule has 1 atom stereocenters. The molecule has 3 amide bonds. The molecule has 172 valence electrons.